The largest absolute Gasteiger partial charge is 0.317 e. The molecule has 0 spiro atoms. The van der Waals surface area contributed by atoms with Crippen molar-refractivity contribution >= 4 is 21.6 Å². The van der Waals surface area contributed by atoms with Crippen LogP contribution < -0.4 is 5.32 Å². The lowest BCUT2D eigenvalue weighted by Crippen LogP contribution is -2.27. The minimum Gasteiger partial charge on any atom is -0.317 e. The van der Waals surface area contributed by atoms with Crippen molar-refractivity contribution in [2.24, 2.45) is 5.92 Å². The zero-order valence-electron chi connectivity index (χ0n) is 9.37. The van der Waals surface area contributed by atoms with Crippen LogP contribution in [0, 0.1) is 5.92 Å². The third-order valence-electron chi connectivity index (χ3n) is 2.73. The normalized spacial score (nSPS) is 19.3. The molecule has 1 N–H and O–H groups in total. The maximum absolute atomic E-state index is 10.9. The molecule has 0 bridgehead atoms. The first-order valence-corrected chi connectivity index (χ1v) is 8.75. The second kappa shape index (κ2) is 6.76. The van der Waals surface area contributed by atoms with E-state index in [9.17, 15) is 8.42 Å². The quantitative estimate of drug-likeness (QED) is 0.720. The molecule has 1 aliphatic rings. The first-order valence-electron chi connectivity index (χ1n) is 5.54. The molecule has 1 saturated heterocycles. The van der Waals surface area contributed by atoms with E-state index in [4.69, 9.17) is 0 Å². The van der Waals surface area contributed by atoms with E-state index in [0.29, 0.717) is 5.75 Å². The van der Waals surface area contributed by atoms with Gasteiger partial charge < -0.3 is 5.32 Å². The Hall–Kier alpha value is 0.260. The van der Waals surface area contributed by atoms with Crippen molar-refractivity contribution in [1.82, 2.24) is 5.32 Å². The van der Waals surface area contributed by atoms with Crippen molar-refractivity contribution in [3.63, 3.8) is 0 Å². The van der Waals surface area contributed by atoms with Crippen LogP contribution in [0.1, 0.15) is 19.3 Å². The van der Waals surface area contributed by atoms with Crippen LogP contribution in [0.2, 0.25) is 0 Å². The summed E-state index contributed by atoms with van der Waals surface area (Å²) in [7, 11) is -2.76. The van der Waals surface area contributed by atoms with Crippen LogP contribution in [0.25, 0.3) is 0 Å². The molecule has 0 aromatic heterocycles. The molecule has 1 aliphatic heterocycles. The Labute approximate surface area is 97.3 Å². The molecule has 15 heavy (non-hydrogen) atoms. The van der Waals surface area contributed by atoms with E-state index in [0.717, 1.165) is 30.5 Å². The molecule has 0 aliphatic carbocycles. The molecule has 5 heteroatoms. The van der Waals surface area contributed by atoms with Crippen LogP contribution >= 0.6 is 11.8 Å². The number of sulfone groups is 1. The smallest absolute Gasteiger partial charge is 0.148 e. The van der Waals surface area contributed by atoms with Gasteiger partial charge in [0.1, 0.15) is 9.84 Å². The molecule has 90 valence electrons. The summed E-state index contributed by atoms with van der Waals surface area (Å²) in [5, 5.41) is 3.35. The van der Waals surface area contributed by atoms with Gasteiger partial charge >= 0.3 is 0 Å². The molecular formula is C10H21NO2S2. The molecule has 0 saturated carbocycles. The second-order valence-electron chi connectivity index (χ2n) is 4.22. The highest BCUT2D eigenvalue weighted by atomic mass is 32.2. The molecule has 1 fully saturated rings. The first kappa shape index (κ1) is 13.3. The summed E-state index contributed by atoms with van der Waals surface area (Å²) in [6.07, 6.45) is 5.12. The Kier molecular flexibility index (Phi) is 6.00. The number of rotatable bonds is 6. The minimum atomic E-state index is -2.76. The third kappa shape index (κ3) is 7.19. The van der Waals surface area contributed by atoms with Gasteiger partial charge in [0.2, 0.25) is 0 Å². The van der Waals surface area contributed by atoms with E-state index in [2.05, 4.69) is 5.32 Å². The lowest BCUT2D eigenvalue weighted by Gasteiger charge is -2.22. The zero-order valence-corrected chi connectivity index (χ0v) is 11.0. The lowest BCUT2D eigenvalue weighted by atomic mass is 9.96. The van der Waals surface area contributed by atoms with Gasteiger partial charge in [-0.1, -0.05) is 0 Å². The molecule has 1 rings (SSSR count). The van der Waals surface area contributed by atoms with E-state index >= 15 is 0 Å². The van der Waals surface area contributed by atoms with Crippen LogP contribution in [-0.4, -0.2) is 45.0 Å². The Morgan fingerprint density at radius 2 is 1.93 bits per heavy atom. The Morgan fingerprint density at radius 1 is 1.27 bits per heavy atom. The standard InChI is InChI=1S/C10H21NO2S2/c1-15(12,13)9-8-14-7-4-10-2-5-11-6-3-10/h10-11H,2-9H2,1H3. The molecular weight excluding hydrogens is 230 g/mol. The first-order chi connectivity index (χ1) is 7.08. The van der Waals surface area contributed by atoms with Gasteiger partial charge in [-0.25, -0.2) is 8.42 Å². The topological polar surface area (TPSA) is 46.2 Å². The van der Waals surface area contributed by atoms with Gasteiger partial charge in [0.25, 0.3) is 0 Å². The third-order valence-corrected chi connectivity index (χ3v) is 4.95. The summed E-state index contributed by atoms with van der Waals surface area (Å²) in [4.78, 5) is 0. The Bertz CT molecular complexity index is 259. The summed E-state index contributed by atoms with van der Waals surface area (Å²) in [5.41, 5.74) is 0. The summed E-state index contributed by atoms with van der Waals surface area (Å²) in [6, 6.07) is 0. The van der Waals surface area contributed by atoms with E-state index in [-0.39, 0.29) is 0 Å². The summed E-state index contributed by atoms with van der Waals surface area (Å²) in [5.74, 6) is 3.05. The van der Waals surface area contributed by atoms with Crippen molar-refractivity contribution in [3.8, 4) is 0 Å². The zero-order chi connectivity index (χ0) is 11.1. The Balaban J connectivity index is 1.96. The molecule has 0 radical (unpaired) electrons. The minimum absolute atomic E-state index is 0.323. The van der Waals surface area contributed by atoms with Gasteiger partial charge in [-0.05, 0) is 44.0 Å². The predicted molar refractivity (Wildman–Crippen MR) is 67.2 cm³/mol. The SMILES string of the molecule is CS(=O)(=O)CCSCCC1CCNCC1. The monoisotopic (exact) mass is 251 g/mol. The highest BCUT2D eigenvalue weighted by molar-refractivity contribution is 8.00. The second-order valence-corrected chi connectivity index (χ2v) is 7.71. The molecule has 0 aromatic carbocycles. The van der Waals surface area contributed by atoms with Gasteiger partial charge in [0.15, 0.2) is 0 Å². The van der Waals surface area contributed by atoms with Gasteiger partial charge in [0.05, 0.1) is 5.75 Å². The fourth-order valence-electron chi connectivity index (χ4n) is 1.73. The van der Waals surface area contributed by atoms with Gasteiger partial charge in [0, 0.05) is 12.0 Å². The van der Waals surface area contributed by atoms with Crippen molar-refractivity contribution in [2.45, 2.75) is 19.3 Å². The predicted octanol–water partition coefficient (Wildman–Crippen LogP) is 1.15. The highest BCUT2D eigenvalue weighted by Gasteiger charge is 2.12. The van der Waals surface area contributed by atoms with Crippen molar-refractivity contribution in [3.05, 3.63) is 0 Å². The average Bonchev–Trinajstić information content (AvgIpc) is 2.17. The summed E-state index contributed by atoms with van der Waals surface area (Å²) >= 11 is 1.77. The number of nitrogens with one attached hydrogen (secondary N) is 1. The van der Waals surface area contributed by atoms with E-state index in [1.54, 1.807) is 11.8 Å². The van der Waals surface area contributed by atoms with Gasteiger partial charge in [-0.2, -0.15) is 11.8 Å². The summed E-state index contributed by atoms with van der Waals surface area (Å²) in [6.45, 7) is 2.30. The number of piperidine rings is 1. The van der Waals surface area contributed by atoms with E-state index < -0.39 is 9.84 Å². The van der Waals surface area contributed by atoms with Crippen molar-refractivity contribution in [1.29, 1.82) is 0 Å². The van der Waals surface area contributed by atoms with Crippen LogP contribution in [0.3, 0.4) is 0 Å². The lowest BCUT2D eigenvalue weighted by molar-refractivity contribution is 0.367. The van der Waals surface area contributed by atoms with Gasteiger partial charge in [-0.3, -0.25) is 0 Å². The molecule has 0 atom stereocenters. The maximum atomic E-state index is 10.9. The Morgan fingerprint density at radius 3 is 2.53 bits per heavy atom. The maximum Gasteiger partial charge on any atom is 0.148 e. The van der Waals surface area contributed by atoms with Crippen molar-refractivity contribution < 1.29 is 8.42 Å². The number of thioether (sulfide) groups is 1. The summed E-state index contributed by atoms with van der Waals surface area (Å²) < 4.78 is 21.7. The number of hydrogen-bond donors (Lipinski definition) is 1. The molecule has 1 heterocycles. The fourth-order valence-corrected chi connectivity index (χ4v) is 4.12. The van der Waals surface area contributed by atoms with Crippen LogP contribution in [-0.2, 0) is 9.84 Å². The van der Waals surface area contributed by atoms with Crippen molar-refractivity contribution in [2.75, 3.05) is 36.6 Å². The molecule has 0 amide bonds. The van der Waals surface area contributed by atoms with Crippen LogP contribution in [0.15, 0.2) is 0 Å². The number of hydrogen-bond acceptors (Lipinski definition) is 4. The average molecular weight is 251 g/mol. The van der Waals surface area contributed by atoms with E-state index in [1.807, 2.05) is 0 Å². The fraction of sp³-hybridized carbons (Fsp3) is 1.00. The highest BCUT2D eigenvalue weighted by Crippen LogP contribution is 2.18. The van der Waals surface area contributed by atoms with Crippen LogP contribution in [0.5, 0.6) is 0 Å². The van der Waals surface area contributed by atoms with Crippen LogP contribution in [0.4, 0.5) is 0 Å². The van der Waals surface area contributed by atoms with E-state index in [1.165, 1.54) is 25.5 Å². The molecule has 0 unspecified atom stereocenters. The molecule has 0 aromatic rings. The van der Waals surface area contributed by atoms with Gasteiger partial charge in [-0.15, -0.1) is 0 Å². The molecule has 3 nitrogen and oxygen atoms in total.